The molecule has 0 aliphatic heterocycles. The van der Waals surface area contributed by atoms with Crippen LogP contribution < -0.4 is 0 Å². The topological polar surface area (TPSA) is 20.7 Å². The third-order valence-corrected chi connectivity index (χ3v) is 3.45. The van der Waals surface area contributed by atoms with Crippen LogP contribution in [0.4, 0.5) is 13.2 Å². The van der Waals surface area contributed by atoms with Gasteiger partial charge in [0.15, 0.2) is 16.4 Å². The lowest BCUT2D eigenvalue weighted by atomic mass is 10.2. The molecule has 2 nitrogen and oxygen atoms in total. The van der Waals surface area contributed by atoms with Crippen LogP contribution in [0.25, 0.3) is 16.7 Å². The Kier molecular flexibility index (Phi) is 3.07. The number of hydrogen-bond acceptors (Lipinski definition) is 1. The molecule has 0 amide bonds. The number of rotatable bonds is 1. The molecule has 3 rings (SSSR count). The summed E-state index contributed by atoms with van der Waals surface area (Å²) in [6.07, 6.45) is 0. The van der Waals surface area contributed by atoms with Gasteiger partial charge in [-0.25, -0.2) is 13.2 Å². The van der Waals surface area contributed by atoms with Gasteiger partial charge in [-0.1, -0.05) is 17.7 Å². The maximum Gasteiger partial charge on any atom is 0.183 e. The molecule has 0 unspecified atom stereocenters. The fourth-order valence-corrected chi connectivity index (χ4v) is 2.63. The third-order valence-electron chi connectivity index (χ3n) is 2.86. The molecular formula is C13H6ClF3N2S. The lowest BCUT2D eigenvalue weighted by molar-refractivity contribution is 0.535. The van der Waals surface area contributed by atoms with E-state index in [0.717, 1.165) is 4.57 Å². The van der Waals surface area contributed by atoms with Crippen LogP contribution in [-0.4, -0.2) is 9.55 Å². The molecule has 102 valence electrons. The average molecular weight is 315 g/mol. The summed E-state index contributed by atoms with van der Waals surface area (Å²) < 4.78 is 42.0. The summed E-state index contributed by atoms with van der Waals surface area (Å²) in [6, 6.07) is 6.11. The van der Waals surface area contributed by atoms with Crippen molar-refractivity contribution in [1.29, 1.82) is 0 Å². The molecule has 0 aliphatic rings. The molecule has 0 atom stereocenters. The van der Waals surface area contributed by atoms with Gasteiger partial charge in [0.25, 0.3) is 0 Å². The van der Waals surface area contributed by atoms with Crippen molar-refractivity contribution in [3.05, 3.63) is 57.6 Å². The zero-order chi connectivity index (χ0) is 14.4. The number of fused-ring (bicyclic) bond motifs is 1. The monoisotopic (exact) mass is 314 g/mol. The van der Waals surface area contributed by atoms with Crippen LogP contribution in [0.15, 0.2) is 30.3 Å². The standard InChI is InChI=1S/C13H6ClF3N2S/c14-7-2-1-3-10-11(7)19(13(20)18-10)12-8(16)4-6(15)5-9(12)17/h1-5H,(H,18,20). The average Bonchev–Trinajstić information content (AvgIpc) is 2.66. The van der Waals surface area contributed by atoms with Crippen LogP contribution in [0.2, 0.25) is 5.02 Å². The van der Waals surface area contributed by atoms with E-state index in [-0.39, 0.29) is 9.79 Å². The van der Waals surface area contributed by atoms with E-state index in [4.69, 9.17) is 23.8 Å². The first kappa shape index (κ1) is 13.2. The molecule has 0 saturated heterocycles. The Morgan fingerprint density at radius 2 is 1.75 bits per heavy atom. The highest BCUT2D eigenvalue weighted by Crippen LogP contribution is 2.29. The molecule has 0 radical (unpaired) electrons. The van der Waals surface area contributed by atoms with Crippen molar-refractivity contribution in [2.24, 2.45) is 0 Å². The lowest BCUT2D eigenvalue weighted by Gasteiger charge is -2.08. The van der Waals surface area contributed by atoms with Gasteiger partial charge in [0.1, 0.15) is 11.5 Å². The molecule has 1 N–H and O–H groups in total. The summed E-state index contributed by atoms with van der Waals surface area (Å²) in [4.78, 5) is 2.80. The Labute approximate surface area is 121 Å². The minimum absolute atomic E-state index is 0.0671. The molecule has 7 heteroatoms. The fraction of sp³-hybridized carbons (Fsp3) is 0. The first-order chi connectivity index (χ1) is 9.49. The largest absolute Gasteiger partial charge is 0.330 e. The van der Waals surface area contributed by atoms with E-state index in [0.29, 0.717) is 23.2 Å². The summed E-state index contributed by atoms with van der Waals surface area (Å²) in [5.41, 5.74) is 0.407. The number of nitrogens with zero attached hydrogens (tertiary/aromatic N) is 1. The summed E-state index contributed by atoms with van der Waals surface area (Å²) in [6.45, 7) is 0. The van der Waals surface area contributed by atoms with Crippen LogP contribution in [0.3, 0.4) is 0 Å². The summed E-state index contributed by atoms with van der Waals surface area (Å²) >= 11 is 11.1. The van der Waals surface area contributed by atoms with Crippen molar-refractivity contribution in [3.63, 3.8) is 0 Å². The van der Waals surface area contributed by atoms with Gasteiger partial charge in [-0.05, 0) is 24.4 Å². The molecule has 2 aromatic carbocycles. The van der Waals surface area contributed by atoms with Crippen molar-refractivity contribution in [1.82, 2.24) is 9.55 Å². The molecule has 1 heterocycles. The zero-order valence-corrected chi connectivity index (χ0v) is 11.3. The van der Waals surface area contributed by atoms with Crippen molar-refractivity contribution in [2.45, 2.75) is 0 Å². The molecule has 0 saturated carbocycles. The number of aromatic amines is 1. The third kappa shape index (κ3) is 1.92. The Hall–Kier alpha value is -1.79. The number of aromatic nitrogens is 2. The predicted molar refractivity (Wildman–Crippen MR) is 73.3 cm³/mol. The summed E-state index contributed by atoms with van der Waals surface area (Å²) in [7, 11) is 0. The number of nitrogens with one attached hydrogen (secondary N) is 1. The van der Waals surface area contributed by atoms with E-state index in [1.54, 1.807) is 18.2 Å². The van der Waals surface area contributed by atoms with Gasteiger partial charge >= 0.3 is 0 Å². The van der Waals surface area contributed by atoms with E-state index in [1.807, 2.05) is 0 Å². The Morgan fingerprint density at radius 1 is 1.10 bits per heavy atom. The van der Waals surface area contributed by atoms with Gasteiger partial charge in [0.2, 0.25) is 0 Å². The summed E-state index contributed by atoms with van der Waals surface area (Å²) in [5.74, 6) is -3.11. The van der Waals surface area contributed by atoms with Gasteiger partial charge < -0.3 is 4.98 Å². The van der Waals surface area contributed by atoms with Gasteiger partial charge in [0.05, 0.1) is 16.1 Å². The molecule has 20 heavy (non-hydrogen) atoms. The van der Waals surface area contributed by atoms with Gasteiger partial charge in [-0.3, -0.25) is 4.57 Å². The molecule has 0 bridgehead atoms. The Bertz CT molecular complexity index is 862. The normalized spacial score (nSPS) is 11.2. The fourth-order valence-electron chi connectivity index (χ4n) is 2.08. The van der Waals surface area contributed by atoms with Gasteiger partial charge in [-0.15, -0.1) is 0 Å². The number of H-pyrrole nitrogens is 1. The van der Waals surface area contributed by atoms with E-state index in [2.05, 4.69) is 4.98 Å². The molecule has 3 aromatic rings. The van der Waals surface area contributed by atoms with E-state index in [1.165, 1.54) is 0 Å². The van der Waals surface area contributed by atoms with Crippen molar-refractivity contribution >= 4 is 34.9 Å². The maximum atomic E-state index is 13.9. The second kappa shape index (κ2) is 4.64. The van der Waals surface area contributed by atoms with Crippen LogP contribution in [-0.2, 0) is 0 Å². The van der Waals surface area contributed by atoms with E-state index in [9.17, 15) is 13.2 Å². The van der Waals surface area contributed by atoms with Crippen molar-refractivity contribution < 1.29 is 13.2 Å². The summed E-state index contributed by atoms with van der Waals surface area (Å²) in [5, 5.41) is 0.276. The van der Waals surface area contributed by atoms with Gasteiger partial charge in [-0.2, -0.15) is 0 Å². The van der Waals surface area contributed by atoms with Crippen LogP contribution in [0.1, 0.15) is 0 Å². The smallest absolute Gasteiger partial charge is 0.183 e. The molecule has 1 aromatic heterocycles. The quantitative estimate of drug-likeness (QED) is 0.642. The van der Waals surface area contributed by atoms with Crippen molar-refractivity contribution in [3.8, 4) is 5.69 Å². The van der Waals surface area contributed by atoms with Crippen LogP contribution >= 0.6 is 23.8 Å². The van der Waals surface area contributed by atoms with E-state index < -0.39 is 23.1 Å². The number of hydrogen-bond donors (Lipinski definition) is 1. The minimum atomic E-state index is -1.06. The van der Waals surface area contributed by atoms with E-state index >= 15 is 0 Å². The Morgan fingerprint density at radius 3 is 2.40 bits per heavy atom. The number of imidazole rings is 1. The van der Waals surface area contributed by atoms with Crippen molar-refractivity contribution in [2.75, 3.05) is 0 Å². The number of para-hydroxylation sites is 1. The zero-order valence-electron chi connectivity index (χ0n) is 9.75. The molecule has 0 aliphatic carbocycles. The second-order valence-electron chi connectivity index (χ2n) is 4.12. The minimum Gasteiger partial charge on any atom is -0.330 e. The van der Waals surface area contributed by atoms with Gasteiger partial charge in [0, 0.05) is 12.1 Å². The number of benzene rings is 2. The van der Waals surface area contributed by atoms with Crippen LogP contribution in [0.5, 0.6) is 0 Å². The first-order valence-electron chi connectivity index (χ1n) is 5.53. The number of halogens is 4. The predicted octanol–water partition coefficient (Wildman–Crippen LogP) is 4.76. The first-order valence-corrected chi connectivity index (χ1v) is 6.32. The maximum absolute atomic E-state index is 13.9. The highest BCUT2D eigenvalue weighted by molar-refractivity contribution is 7.71. The molecular weight excluding hydrogens is 309 g/mol. The highest BCUT2D eigenvalue weighted by atomic mass is 35.5. The molecule has 0 spiro atoms. The highest BCUT2D eigenvalue weighted by Gasteiger charge is 2.18. The SMILES string of the molecule is Fc1cc(F)c(-n2c(=S)[nH]c3cccc(Cl)c32)c(F)c1. The Balaban J connectivity index is 2.48. The van der Waals surface area contributed by atoms with Crippen LogP contribution in [0, 0.1) is 22.2 Å². The lowest BCUT2D eigenvalue weighted by Crippen LogP contribution is -2.03. The molecule has 0 fully saturated rings. The second-order valence-corrected chi connectivity index (χ2v) is 4.91.